The maximum absolute atomic E-state index is 13.0. The number of nitriles is 1. The van der Waals surface area contributed by atoms with E-state index in [9.17, 15) is 31.1 Å². The topological polar surface area (TPSA) is 77.3 Å². The maximum Gasteiger partial charge on any atom is 0.431 e. The van der Waals surface area contributed by atoms with E-state index in [1.165, 1.54) is 6.07 Å². The van der Waals surface area contributed by atoms with Crippen LogP contribution in [0.5, 0.6) is 0 Å². The number of halogens is 7. The minimum Gasteiger partial charge on any atom is -0.323 e. The summed E-state index contributed by atoms with van der Waals surface area (Å²) in [7, 11) is 0. The van der Waals surface area contributed by atoms with E-state index in [0.717, 1.165) is 13.0 Å². The summed E-state index contributed by atoms with van der Waals surface area (Å²) < 4.78 is 77.2. The minimum atomic E-state index is -4.84. The van der Waals surface area contributed by atoms with Crippen LogP contribution in [0.25, 0.3) is 0 Å². The zero-order valence-corrected chi connectivity index (χ0v) is 15.0. The monoisotopic (exact) mass is 490 g/mol. The Labute approximate surface area is 156 Å². The number of nitrogens with zero attached hydrogens (tertiary/aromatic N) is 2. The van der Waals surface area contributed by atoms with Gasteiger partial charge in [-0.1, -0.05) is 0 Å². The summed E-state index contributed by atoms with van der Waals surface area (Å²) in [5, 5.41) is 14.1. The first kappa shape index (κ1) is 20.3. The molecule has 0 radical (unpaired) electrons. The Balaban J connectivity index is 2.29. The fourth-order valence-electron chi connectivity index (χ4n) is 2.16. The van der Waals surface area contributed by atoms with Gasteiger partial charge in [-0.2, -0.15) is 36.7 Å². The Morgan fingerprint density at radius 3 is 2.38 bits per heavy atom. The normalized spacial score (nSPS) is 20.2. The van der Waals surface area contributed by atoms with Crippen molar-refractivity contribution < 1.29 is 31.1 Å². The molecule has 0 bridgehead atoms. The molecule has 5 nitrogen and oxygen atoms in total. The van der Waals surface area contributed by atoms with Crippen LogP contribution in [-0.2, 0) is 11.0 Å². The average Bonchev–Trinajstić information content (AvgIpc) is 2.91. The largest absolute Gasteiger partial charge is 0.431 e. The standard InChI is InChI=1S/C14H9F6IN4O/c1-12(4-10(24-25-12)14(18,19)20)11(26)23-9-3-7(13(15,16)17)6(5-22)2-8(9)21/h2-3,25H,4H2,1H3,(H,23,26). The van der Waals surface area contributed by atoms with Gasteiger partial charge >= 0.3 is 12.4 Å². The highest BCUT2D eigenvalue weighted by molar-refractivity contribution is 14.1. The summed E-state index contributed by atoms with van der Waals surface area (Å²) in [5.41, 5.74) is -3.06. The third kappa shape index (κ3) is 4.02. The van der Waals surface area contributed by atoms with Crippen LogP contribution in [0.4, 0.5) is 32.0 Å². The molecule has 2 rings (SSSR count). The van der Waals surface area contributed by atoms with Gasteiger partial charge < -0.3 is 5.32 Å². The molecular formula is C14H9F6IN4O. The van der Waals surface area contributed by atoms with Crippen molar-refractivity contribution in [1.29, 1.82) is 5.26 Å². The Kier molecular flexibility index (Phi) is 5.15. The van der Waals surface area contributed by atoms with Crippen molar-refractivity contribution in [2.45, 2.75) is 31.2 Å². The predicted octanol–water partition coefficient (Wildman–Crippen LogP) is 3.79. The summed E-state index contributed by atoms with van der Waals surface area (Å²) in [6.07, 6.45) is -10.3. The zero-order valence-electron chi connectivity index (χ0n) is 12.8. The number of benzene rings is 1. The number of hydrogen-bond acceptors (Lipinski definition) is 4. The number of amides is 1. The molecule has 1 aliphatic heterocycles. The lowest BCUT2D eigenvalue weighted by atomic mass is 9.95. The molecule has 12 heteroatoms. The molecule has 1 unspecified atom stereocenters. The fraction of sp³-hybridized carbons (Fsp3) is 0.357. The van der Waals surface area contributed by atoms with Crippen molar-refractivity contribution in [2.75, 3.05) is 5.32 Å². The number of anilines is 1. The molecule has 2 N–H and O–H groups in total. The van der Waals surface area contributed by atoms with Crippen LogP contribution in [0.1, 0.15) is 24.5 Å². The van der Waals surface area contributed by atoms with Crippen LogP contribution in [0.2, 0.25) is 0 Å². The fourth-order valence-corrected chi connectivity index (χ4v) is 2.76. The summed E-state index contributed by atoms with van der Waals surface area (Å²) in [4.78, 5) is 12.3. The van der Waals surface area contributed by atoms with Crippen molar-refractivity contribution in [3.63, 3.8) is 0 Å². The minimum absolute atomic E-state index is 0.124. The van der Waals surface area contributed by atoms with Crippen molar-refractivity contribution in [2.24, 2.45) is 5.10 Å². The zero-order chi connectivity index (χ0) is 19.9. The molecule has 1 aliphatic rings. The maximum atomic E-state index is 13.0. The van der Waals surface area contributed by atoms with Crippen molar-refractivity contribution in [3.05, 3.63) is 26.8 Å². The second-order valence-electron chi connectivity index (χ2n) is 5.62. The molecule has 0 aromatic heterocycles. The highest BCUT2D eigenvalue weighted by Crippen LogP contribution is 2.36. The lowest BCUT2D eigenvalue weighted by Gasteiger charge is -2.23. The van der Waals surface area contributed by atoms with Crippen LogP contribution >= 0.6 is 22.6 Å². The number of carbonyl (C=O) groups excluding carboxylic acids is 1. The molecule has 1 aromatic carbocycles. The molecule has 1 aromatic rings. The molecule has 0 saturated carbocycles. The van der Waals surface area contributed by atoms with Gasteiger partial charge in [-0.3, -0.25) is 10.2 Å². The van der Waals surface area contributed by atoms with Gasteiger partial charge in [-0.05, 0) is 41.6 Å². The lowest BCUT2D eigenvalue weighted by Crippen LogP contribution is -2.48. The first-order valence-corrected chi connectivity index (χ1v) is 7.89. The van der Waals surface area contributed by atoms with Gasteiger partial charge in [0, 0.05) is 9.99 Å². The first-order valence-electron chi connectivity index (χ1n) is 6.81. The van der Waals surface area contributed by atoms with Gasteiger partial charge in [0.15, 0.2) is 0 Å². The Bertz CT molecular complexity index is 826. The van der Waals surface area contributed by atoms with Gasteiger partial charge in [0.05, 0.1) is 22.9 Å². The smallest absolute Gasteiger partial charge is 0.323 e. The highest BCUT2D eigenvalue weighted by atomic mass is 127. The second-order valence-corrected chi connectivity index (χ2v) is 6.78. The third-order valence-electron chi connectivity index (χ3n) is 3.57. The van der Waals surface area contributed by atoms with Crippen molar-refractivity contribution in [1.82, 2.24) is 5.43 Å². The summed E-state index contributed by atoms with van der Waals surface area (Å²) in [5.74, 6) is -0.990. The van der Waals surface area contributed by atoms with Gasteiger partial charge in [0.25, 0.3) is 5.91 Å². The Morgan fingerprint density at radius 2 is 1.92 bits per heavy atom. The number of rotatable bonds is 2. The highest BCUT2D eigenvalue weighted by Gasteiger charge is 2.48. The van der Waals surface area contributed by atoms with E-state index < -0.39 is 47.1 Å². The molecule has 0 spiro atoms. The van der Waals surface area contributed by atoms with E-state index >= 15 is 0 Å². The van der Waals surface area contributed by atoms with E-state index in [-0.39, 0.29) is 9.26 Å². The van der Waals surface area contributed by atoms with E-state index in [1.807, 2.05) is 0 Å². The van der Waals surface area contributed by atoms with Crippen molar-refractivity contribution >= 4 is 39.9 Å². The lowest BCUT2D eigenvalue weighted by molar-refractivity contribution is -0.137. The molecule has 0 aliphatic carbocycles. The van der Waals surface area contributed by atoms with Gasteiger partial charge in [0.2, 0.25) is 0 Å². The van der Waals surface area contributed by atoms with E-state index in [4.69, 9.17) is 5.26 Å². The quantitative estimate of drug-likeness (QED) is 0.490. The van der Waals surface area contributed by atoms with Crippen LogP contribution in [0.3, 0.4) is 0 Å². The molecule has 140 valence electrons. The molecular weight excluding hydrogens is 481 g/mol. The Morgan fingerprint density at radius 1 is 1.31 bits per heavy atom. The van der Waals surface area contributed by atoms with Gasteiger partial charge in [0.1, 0.15) is 11.3 Å². The van der Waals surface area contributed by atoms with Crippen LogP contribution in [-0.4, -0.2) is 23.3 Å². The third-order valence-corrected chi connectivity index (χ3v) is 4.46. The average molecular weight is 490 g/mol. The van der Waals surface area contributed by atoms with Crippen LogP contribution < -0.4 is 10.7 Å². The molecule has 0 saturated heterocycles. The van der Waals surface area contributed by atoms with Gasteiger partial charge in [-0.15, -0.1) is 0 Å². The SMILES string of the molecule is CC1(C(=O)Nc2cc(C(F)(F)F)c(C#N)cc2I)CC(C(F)(F)F)=NN1. The molecule has 1 atom stereocenters. The summed E-state index contributed by atoms with van der Waals surface area (Å²) >= 11 is 1.61. The number of alkyl halides is 6. The predicted molar refractivity (Wildman–Crippen MR) is 87.2 cm³/mol. The second kappa shape index (κ2) is 6.60. The van der Waals surface area contributed by atoms with Crippen molar-refractivity contribution in [3.8, 4) is 6.07 Å². The van der Waals surface area contributed by atoms with E-state index in [0.29, 0.717) is 6.07 Å². The number of nitrogens with one attached hydrogen (secondary N) is 2. The number of carbonyl (C=O) groups is 1. The Hall–Kier alpha value is -2.04. The van der Waals surface area contributed by atoms with Crippen LogP contribution in [0.15, 0.2) is 17.2 Å². The molecule has 1 amide bonds. The number of hydrogen-bond donors (Lipinski definition) is 2. The number of hydrazone groups is 1. The van der Waals surface area contributed by atoms with E-state index in [1.54, 1.807) is 22.6 Å². The van der Waals surface area contributed by atoms with Gasteiger partial charge in [-0.25, -0.2) is 0 Å². The van der Waals surface area contributed by atoms with Crippen LogP contribution in [0, 0.1) is 14.9 Å². The molecule has 1 heterocycles. The first-order chi connectivity index (χ1) is 11.8. The van der Waals surface area contributed by atoms with E-state index in [2.05, 4.69) is 15.8 Å². The summed E-state index contributed by atoms with van der Waals surface area (Å²) in [6.45, 7) is 1.14. The summed E-state index contributed by atoms with van der Waals surface area (Å²) in [6, 6.07) is 2.92. The molecule has 26 heavy (non-hydrogen) atoms. The molecule has 0 fully saturated rings.